The van der Waals surface area contributed by atoms with E-state index in [2.05, 4.69) is 20.5 Å². The number of benzene rings is 1. The van der Waals surface area contributed by atoms with Gasteiger partial charge in [-0.05, 0) is 31.0 Å². The number of piperidine rings is 1. The number of para-hydroxylation sites is 1. The molecule has 1 amide bonds. The Morgan fingerprint density at radius 3 is 3.09 bits per heavy atom. The van der Waals surface area contributed by atoms with Crippen LogP contribution in [0.25, 0.3) is 11.0 Å². The Hall–Kier alpha value is -2.70. The molecule has 0 bridgehead atoms. The first-order valence-electron chi connectivity index (χ1n) is 7.86. The lowest BCUT2D eigenvalue weighted by Gasteiger charge is -2.32. The maximum absolute atomic E-state index is 12.6. The average Bonchev–Trinajstić information content (AvgIpc) is 3.25. The van der Waals surface area contributed by atoms with Gasteiger partial charge in [0.25, 0.3) is 0 Å². The molecule has 7 heteroatoms. The third-order valence-corrected chi connectivity index (χ3v) is 4.44. The average molecular weight is 310 g/mol. The molecule has 1 fully saturated rings. The Balaban J connectivity index is 1.48. The zero-order valence-electron chi connectivity index (χ0n) is 12.7. The molecule has 0 saturated carbocycles. The van der Waals surface area contributed by atoms with Gasteiger partial charge in [-0.1, -0.05) is 17.3 Å². The topological polar surface area (TPSA) is 79.7 Å². The molecule has 118 valence electrons. The first kappa shape index (κ1) is 13.9. The van der Waals surface area contributed by atoms with Crippen LogP contribution in [0.5, 0.6) is 0 Å². The zero-order chi connectivity index (χ0) is 15.6. The van der Waals surface area contributed by atoms with E-state index in [1.54, 1.807) is 10.9 Å². The van der Waals surface area contributed by atoms with Crippen LogP contribution in [-0.4, -0.2) is 49.1 Å². The van der Waals surface area contributed by atoms with Crippen LogP contribution in [0.4, 0.5) is 0 Å². The van der Waals surface area contributed by atoms with Crippen LogP contribution in [0, 0.1) is 0 Å². The third kappa shape index (κ3) is 2.69. The lowest BCUT2D eigenvalue weighted by atomic mass is 9.95. The molecular weight excluding hydrogens is 292 g/mol. The highest BCUT2D eigenvalue weighted by Gasteiger charge is 2.26. The fourth-order valence-corrected chi connectivity index (χ4v) is 3.21. The van der Waals surface area contributed by atoms with E-state index in [1.165, 1.54) is 0 Å². The number of aromatic amines is 1. The minimum Gasteiger partial charge on any atom is -0.340 e. The van der Waals surface area contributed by atoms with Crippen LogP contribution >= 0.6 is 0 Å². The van der Waals surface area contributed by atoms with Crippen molar-refractivity contribution >= 4 is 16.9 Å². The molecule has 0 spiro atoms. The van der Waals surface area contributed by atoms with Crippen molar-refractivity contribution in [3.05, 3.63) is 42.2 Å². The fourth-order valence-electron chi connectivity index (χ4n) is 3.21. The lowest BCUT2D eigenvalue weighted by Crippen LogP contribution is -2.41. The van der Waals surface area contributed by atoms with Crippen LogP contribution in [0.15, 0.2) is 36.5 Å². The second kappa shape index (κ2) is 5.83. The summed E-state index contributed by atoms with van der Waals surface area (Å²) in [4.78, 5) is 14.6. The fraction of sp³-hybridized carbons (Fsp3) is 0.375. The minimum atomic E-state index is 0.0878. The van der Waals surface area contributed by atoms with Crippen molar-refractivity contribution in [2.45, 2.75) is 25.3 Å². The van der Waals surface area contributed by atoms with Crippen molar-refractivity contribution in [3.63, 3.8) is 0 Å². The number of fused-ring (bicyclic) bond motifs is 1. The van der Waals surface area contributed by atoms with E-state index in [4.69, 9.17) is 0 Å². The molecule has 4 rings (SSSR count). The summed E-state index contributed by atoms with van der Waals surface area (Å²) in [5, 5.41) is 15.2. The van der Waals surface area contributed by atoms with Gasteiger partial charge in [0.05, 0.1) is 5.52 Å². The lowest BCUT2D eigenvalue weighted by molar-refractivity contribution is -0.133. The smallest absolute Gasteiger partial charge is 0.244 e. The molecule has 1 atom stereocenters. The van der Waals surface area contributed by atoms with Crippen molar-refractivity contribution < 1.29 is 4.79 Å². The van der Waals surface area contributed by atoms with Gasteiger partial charge in [0.1, 0.15) is 12.1 Å². The zero-order valence-corrected chi connectivity index (χ0v) is 12.7. The molecule has 1 saturated heterocycles. The maximum atomic E-state index is 12.6. The molecule has 1 aliphatic heterocycles. The van der Waals surface area contributed by atoms with Crippen molar-refractivity contribution in [2.24, 2.45) is 0 Å². The normalized spacial score (nSPS) is 18.4. The maximum Gasteiger partial charge on any atom is 0.244 e. The second-order valence-corrected chi connectivity index (χ2v) is 5.93. The van der Waals surface area contributed by atoms with Crippen LogP contribution in [0.3, 0.4) is 0 Å². The molecule has 23 heavy (non-hydrogen) atoms. The SMILES string of the molecule is O=C(Cn1nnc2ccccc21)N1CCCC(c2ccn[nH]2)C1. The van der Waals surface area contributed by atoms with Crippen molar-refractivity contribution in [1.82, 2.24) is 30.1 Å². The number of likely N-dealkylation sites (tertiary alicyclic amines) is 1. The Kier molecular flexibility index (Phi) is 3.53. The van der Waals surface area contributed by atoms with Gasteiger partial charge in [-0.2, -0.15) is 5.10 Å². The van der Waals surface area contributed by atoms with Crippen LogP contribution in [0.1, 0.15) is 24.5 Å². The molecule has 3 aromatic rings. The van der Waals surface area contributed by atoms with Gasteiger partial charge in [0.2, 0.25) is 5.91 Å². The molecule has 1 unspecified atom stereocenters. The summed E-state index contributed by atoms with van der Waals surface area (Å²) in [7, 11) is 0. The molecule has 0 radical (unpaired) electrons. The number of carbonyl (C=O) groups excluding carboxylic acids is 1. The summed E-state index contributed by atoms with van der Waals surface area (Å²) in [6.07, 6.45) is 3.85. The molecule has 3 heterocycles. The third-order valence-electron chi connectivity index (χ3n) is 4.44. The van der Waals surface area contributed by atoms with Gasteiger partial charge in [0.15, 0.2) is 0 Å². The monoisotopic (exact) mass is 310 g/mol. The summed E-state index contributed by atoms with van der Waals surface area (Å²) in [5.41, 5.74) is 2.81. The molecule has 0 aliphatic carbocycles. The summed E-state index contributed by atoms with van der Waals surface area (Å²) >= 11 is 0. The summed E-state index contributed by atoms with van der Waals surface area (Å²) in [6.45, 7) is 1.76. The van der Waals surface area contributed by atoms with Gasteiger partial charge in [-0.3, -0.25) is 9.89 Å². The number of aromatic nitrogens is 5. The minimum absolute atomic E-state index is 0.0878. The van der Waals surface area contributed by atoms with Gasteiger partial charge in [0, 0.05) is 30.9 Å². The standard InChI is InChI=1S/C16H18N6O/c23-16(11-22-15-6-2-1-5-14(15)19-20-22)21-9-3-4-12(10-21)13-7-8-17-18-13/h1-2,5-8,12H,3-4,9-11H2,(H,17,18). The second-order valence-electron chi connectivity index (χ2n) is 5.93. The quantitative estimate of drug-likeness (QED) is 0.796. The van der Waals surface area contributed by atoms with Gasteiger partial charge < -0.3 is 4.90 Å². The molecule has 1 N–H and O–H groups in total. The molecule has 2 aromatic heterocycles. The Labute approximate surface area is 133 Å². The number of amides is 1. The predicted octanol–water partition coefficient (Wildman–Crippen LogP) is 1.56. The first-order valence-corrected chi connectivity index (χ1v) is 7.86. The van der Waals surface area contributed by atoms with Crippen molar-refractivity contribution in [2.75, 3.05) is 13.1 Å². The van der Waals surface area contributed by atoms with E-state index in [9.17, 15) is 4.79 Å². The Bertz CT molecular complexity index is 809. The van der Waals surface area contributed by atoms with E-state index in [0.717, 1.165) is 42.7 Å². The number of hydrogen-bond donors (Lipinski definition) is 1. The summed E-state index contributed by atoms with van der Waals surface area (Å²) < 4.78 is 1.68. The molecule has 1 aromatic carbocycles. The van der Waals surface area contributed by atoms with E-state index in [0.29, 0.717) is 5.92 Å². The molecule has 7 nitrogen and oxygen atoms in total. The van der Waals surface area contributed by atoms with E-state index in [-0.39, 0.29) is 12.5 Å². The predicted molar refractivity (Wildman–Crippen MR) is 84.7 cm³/mol. The van der Waals surface area contributed by atoms with Crippen molar-refractivity contribution in [3.8, 4) is 0 Å². The Morgan fingerprint density at radius 2 is 2.22 bits per heavy atom. The number of nitrogens with one attached hydrogen (secondary N) is 1. The van der Waals surface area contributed by atoms with Crippen LogP contribution in [0.2, 0.25) is 0 Å². The Morgan fingerprint density at radius 1 is 1.30 bits per heavy atom. The number of rotatable bonds is 3. The van der Waals surface area contributed by atoms with Gasteiger partial charge in [-0.15, -0.1) is 5.10 Å². The number of hydrogen-bond acceptors (Lipinski definition) is 4. The largest absolute Gasteiger partial charge is 0.340 e. The first-order chi connectivity index (χ1) is 11.3. The van der Waals surface area contributed by atoms with Gasteiger partial charge in [-0.25, -0.2) is 4.68 Å². The van der Waals surface area contributed by atoms with Crippen molar-refractivity contribution in [1.29, 1.82) is 0 Å². The highest BCUT2D eigenvalue weighted by atomic mass is 16.2. The van der Waals surface area contributed by atoms with E-state index >= 15 is 0 Å². The highest BCUT2D eigenvalue weighted by Crippen LogP contribution is 2.25. The molecule has 1 aliphatic rings. The summed E-state index contributed by atoms with van der Waals surface area (Å²) in [5.74, 6) is 0.424. The van der Waals surface area contributed by atoms with Crippen LogP contribution in [-0.2, 0) is 11.3 Å². The van der Waals surface area contributed by atoms with Gasteiger partial charge >= 0.3 is 0 Å². The highest BCUT2D eigenvalue weighted by molar-refractivity contribution is 5.80. The molecular formula is C16H18N6O. The van der Waals surface area contributed by atoms with E-state index < -0.39 is 0 Å². The van der Waals surface area contributed by atoms with Crippen LogP contribution < -0.4 is 0 Å². The van der Waals surface area contributed by atoms with E-state index in [1.807, 2.05) is 35.2 Å². The number of nitrogens with zero attached hydrogens (tertiary/aromatic N) is 5. The number of H-pyrrole nitrogens is 1. The summed E-state index contributed by atoms with van der Waals surface area (Å²) in [6, 6.07) is 9.68. The number of carbonyl (C=O) groups is 1.